The first-order valence-corrected chi connectivity index (χ1v) is 10.5. The maximum absolute atomic E-state index is 12.3. The molecule has 0 aliphatic carbocycles. The Morgan fingerprint density at radius 1 is 1.29 bits per heavy atom. The van der Waals surface area contributed by atoms with E-state index in [4.69, 9.17) is 4.74 Å². The van der Waals surface area contributed by atoms with Crippen molar-refractivity contribution in [3.8, 4) is 5.75 Å². The van der Waals surface area contributed by atoms with E-state index in [2.05, 4.69) is 37.0 Å². The number of aliphatic imine (C=N–C) groups is 1. The molecule has 0 radical (unpaired) electrons. The van der Waals surface area contributed by atoms with Gasteiger partial charge in [0.25, 0.3) is 0 Å². The van der Waals surface area contributed by atoms with E-state index < -0.39 is 0 Å². The number of carbonyl (C=O) groups is 1. The van der Waals surface area contributed by atoms with Gasteiger partial charge in [-0.05, 0) is 37.0 Å². The summed E-state index contributed by atoms with van der Waals surface area (Å²) in [5.41, 5.74) is 1.02. The van der Waals surface area contributed by atoms with Crippen LogP contribution in [0.15, 0.2) is 48.0 Å². The number of carbonyl (C=O) groups excluding carboxylic acids is 1. The third-order valence-electron chi connectivity index (χ3n) is 5.48. The molecule has 1 aromatic heterocycles. The van der Waals surface area contributed by atoms with Crippen molar-refractivity contribution in [2.45, 2.75) is 32.9 Å². The molecule has 0 bridgehead atoms. The fraction of sp³-hybridized carbons (Fsp3) is 0.500. The minimum absolute atomic E-state index is 0. The second-order valence-corrected chi connectivity index (χ2v) is 7.58. The Labute approximate surface area is 201 Å². The molecule has 9 heteroatoms. The number of guanidine groups is 1. The zero-order valence-corrected chi connectivity index (χ0v) is 20.8. The van der Waals surface area contributed by atoms with Crippen LogP contribution in [-0.2, 0) is 11.3 Å². The van der Waals surface area contributed by atoms with Crippen LogP contribution >= 0.6 is 24.0 Å². The fourth-order valence-electron chi connectivity index (χ4n) is 3.67. The third-order valence-corrected chi connectivity index (χ3v) is 5.48. The van der Waals surface area contributed by atoms with E-state index >= 15 is 0 Å². The van der Waals surface area contributed by atoms with Crippen LogP contribution in [0.25, 0.3) is 0 Å². The minimum atomic E-state index is -0.0993. The third kappa shape index (κ3) is 7.12. The van der Waals surface area contributed by atoms with Gasteiger partial charge in [0, 0.05) is 38.6 Å². The first kappa shape index (κ1) is 25.0. The number of likely N-dealkylation sites (tertiary alicyclic amines) is 1. The maximum Gasteiger partial charge on any atom is 0.242 e. The molecule has 2 atom stereocenters. The number of aromatic nitrogens is 2. The van der Waals surface area contributed by atoms with Crippen molar-refractivity contribution in [3.05, 3.63) is 48.5 Å². The number of nitrogens with zero attached hydrogens (tertiary/aromatic N) is 4. The molecule has 2 aromatic rings. The largest absolute Gasteiger partial charge is 0.497 e. The quantitative estimate of drug-likeness (QED) is 0.321. The molecule has 2 heterocycles. The number of imidazole rings is 1. The lowest BCUT2D eigenvalue weighted by molar-refractivity contribution is -0.119. The highest BCUT2D eigenvalue weighted by molar-refractivity contribution is 14.0. The molecule has 1 fully saturated rings. The average molecular weight is 540 g/mol. The number of piperidine rings is 1. The van der Waals surface area contributed by atoms with E-state index in [1.54, 1.807) is 7.11 Å². The summed E-state index contributed by atoms with van der Waals surface area (Å²) in [6, 6.07) is 8.00. The van der Waals surface area contributed by atoms with E-state index in [9.17, 15) is 4.79 Å². The maximum atomic E-state index is 12.3. The van der Waals surface area contributed by atoms with Crippen LogP contribution in [0.3, 0.4) is 0 Å². The normalized spacial score (nSPS) is 18.8. The second kappa shape index (κ2) is 12.5. The number of ether oxygens (including phenoxy) is 1. The van der Waals surface area contributed by atoms with Crippen LogP contribution in [0.1, 0.15) is 31.9 Å². The van der Waals surface area contributed by atoms with Gasteiger partial charge in [-0.3, -0.25) is 4.79 Å². The molecule has 2 unspecified atom stereocenters. The van der Waals surface area contributed by atoms with Gasteiger partial charge >= 0.3 is 0 Å². The van der Waals surface area contributed by atoms with Gasteiger partial charge in [-0.15, -0.1) is 24.0 Å². The van der Waals surface area contributed by atoms with Crippen LogP contribution in [0.2, 0.25) is 0 Å². The monoisotopic (exact) mass is 540 g/mol. The molecule has 170 valence electrons. The number of hydrogen-bond donors (Lipinski definition) is 2. The van der Waals surface area contributed by atoms with Crippen molar-refractivity contribution in [2.75, 3.05) is 33.3 Å². The number of benzene rings is 1. The summed E-state index contributed by atoms with van der Waals surface area (Å²) in [5.74, 6) is 2.05. The topological polar surface area (TPSA) is 83.8 Å². The highest BCUT2D eigenvalue weighted by Gasteiger charge is 2.28. The molecular formula is C22H33IN6O2. The van der Waals surface area contributed by atoms with Crippen LogP contribution < -0.4 is 15.4 Å². The SMILES string of the molecule is CCNC(=NCC(=O)NCc1ccc(OC)cc1)N1CCC(C)C(n2ccnc2)C1.I. The highest BCUT2D eigenvalue weighted by Crippen LogP contribution is 2.27. The average Bonchev–Trinajstić information content (AvgIpc) is 3.30. The molecule has 1 saturated heterocycles. The number of methoxy groups -OCH3 is 1. The summed E-state index contributed by atoms with van der Waals surface area (Å²) in [6.45, 7) is 7.41. The van der Waals surface area contributed by atoms with E-state index in [0.717, 1.165) is 43.3 Å². The number of amides is 1. The molecule has 1 aromatic carbocycles. The summed E-state index contributed by atoms with van der Waals surface area (Å²) in [5, 5.41) is 6.26. The van der Waals surface area contributed by atoms with Gasteiger partial charge in [0.15, 0.2) is 5.96 Å². The molecule has 3 rings (SSSR count). The lowest BCUT2D eigenvalue weighted by Crippen LogP contribution is -2.49. The smallest absolute Gasteiger partial charge is 0.242 e. The van der Waals surface area contributed by atoms with Gasteiger partial charge < -0.3 is 24.8 Å². The number of hydrogen-bond acceptors (Lipinski definition) is 4. The summed E-state index contributed by atoms with van der Waals surface area (Å²) in [7, 11) is 1.64. The molecular weight excluding hydrogens is 507 g/mol. The van der Waals surface area contributed by atoms with Gasteiger partial charge in [-0.2, -0.15) is 0 Å². The Morgan fingerprint density at radius 3 is 2.71 bits per heavy atom. The minimum Gasteiger partial charge on any atom is -0.497 e. The molecule has 0 saturated carbocycles. The predicted molar refractivity (Wildman–Crippen MR) is 133 cm³/mol. The van der Waals surface area contributed by atoms with Gasteiger partial charge in [-0.1, -0.05) is 19.1 Å². The van der Waals surface area contributed by atoms with Crippen molar-refractivity contribution < 1.29 is 9.53 Å². The summed E-state index contributed by atoms with van der Waals surface area (Å²) < 4.78 is 7.32. The van der Waals surface area contributed by atoms with E-state index in [1.807, 2.05) is 49.9 Å². The Balaban J connectivity index is 0.00000341. The van der Waals surface area contributed by atoms with Gasteiger partial charge in [-0.25, -0.2) is 9.98 Å². The van der Waals surface area contributed by atoms with E-state index in [0.29, 0.717) is 18.5 Å². The zero-order valence-electron chi connectivity index (χ0n) is 18.5. The first-order valence-electron chi connectivity index (χ1n) is 10.5. The van der Waals surface area contributed by atoms with E-state index in [-0.39, 0.29) is 36.4 Å². The fourth-order valence-corrected chi connectivity index (χ4v) is 3.67. The number of halogens is 1. The summed E-state index contributed by atoms with van der Waals surface area (Å²) in [6.07, 6.45) is 6.78. The second-order valence-electron chi connectivity index (χ2n) is 7.58. The van der Waals surface area contributed by atoms with Gasteiger partial charge in [0.1, 0.15) is 12.3 Å². The molecule has 31 heavy (non-hydrogen) atoms. The highest BCUT2D eigenvalue weighted by atomic mass is 127. The Kier molecular flexibility index (Phi) is 10.1. The zero-order chi connectivity index (χ0) is 21.3. The van der Waals surface area contributed by atoms with Crippen molar-refractivity contribution in [2.24, 2.45) is 10.9 Å². The van der Waals surface area contributed by atoms with Crippen LogP contribution in [0.5, 0.6) is 5.75 Å². The Morgan fingerprint density at radius 2 is 2.06 bits per heavy atom. The molecule has 2 N–H and O–H groups in total. The number of rotatable bonds is 7. The number of nitrogens with one attached hydrogen (secondary N) is 2. The molecule has 1 aliphatic rings. The molecule has 1 amide bonds. The predicted octanol–water partition coefficient (Wildman–Crippen LogP) is 2.67. The van der Waals surface area contributed by atoms with Crippen LogP contribution in [0, 0.1) is 5.92 Å². The van der Waals surface area contributed by atoms with Crippen LogP contribution in [0.4, 0.5) is 0 Å². The Hall–Kier alpha value is -2.30. The van der Waals surface area contributed by atoms with Gasteiger partial charge in [0.2, 0.25) is 5.91 Å². The Bertz CT molecular complexity index is 825. The summed E-state index contributed by atoms with van der Waals surface area (Å²) >= 11 is 0. The van der Waals surface area contributed by atoms with E-state index in [1.165, 1.54) is 0 Å². The standard InChI is InChI=1S/C22H32N6O2.HI/c1-4-24-22(27-11-9-17(2)20(15-27)28-12-10-23-16-28)26-14-21(29)25-13-18-5-7-19(30-3)8-6-18;/h5-8,10,12,16-17,20H,4,9,11,13-15H2,1-3H3,(H,24,26)(H,25,29);1H. The molecule has 0 spiro atoms. The first-order chi connectivity index (χ1) is 14.6. The lowest BCUT2D eigenvalue weighted by atomic mass is 9.93. The molecule has 8 nitrogen and oxygen atoms in total. The van der Waals surface area contributed by atoms with Crippen molar-refractivity contribution in [1.29, 1.82) is 0 Å². The van der Waals surface area contributed by atoms with Crippen molar-refractivity contribution >= 4 is 35.8 Å². The van der Waals surface area contributed by atoms with Crippen LogP contribution in [-0.4, -0.2) is 59.6 Å². The summed E-state index contributed by atoms with van der Waals surface area (Å²) in [4.78, 5) is 23.4. The van der Waals surface area contributed by atoms with Crippen molar-refractivity contribution in [1.82, 2.24) is 25.1 Å². The van der Waals surface area contributed by atoms with Gasteiger partial charge in [0.05, 0.1) is 19.5 Å². The molecule has 1 aliphatic heterocycles. The lowest BCUT2D eigenvalue weighted by Gasteiger charge is -2.39. The van der Waals surface area contributed by atoms with Crippen molar-refractivity contribution in [3.63, 3.8) is 0 Å².